The Kier molecular flexibility index (Phi) is 32.1. The number of hydrogen-bond donors (Lipinski definition) is 4. The van der Waals surface area contributed by atoms with Crippen molar-refractivity contribution in [3.05, 3.63) is 365 Å². The van der Waals surface area contributed by atoms with Gasteiger partial charge < -0.3 is 25.8 Å². The molecule has 13 aromatic rings. The highest BCUT2D eigenvalue weighted by Gasteiger charge is 2.36. The summed E-state index contributed by atoms with van der Waals surface area (Å²) in [5.74, 6) is 5.74. The Bertz CT molecular complexity index is 5590. The second kappa shape index (κ2) is 43.5. The van der Waals surface area contributed by atoms with E-state index in [0.717, 1.165) is 108 Å². The van der Waals surface area contributed by atoms with Gasteiger partial charge in [0.1, 0.15) is 6.04 Å². The van der Waals surface area contributed by atoms with Crippen LogP contribution in [0.3, 0.4) is 0 Å². The molecule has 5 atom stereocenters. The lowest BCUT2D eigenvalue weighted by Crippen LogP contribution is -2.31. The summed E-state index contributed by atoms with van der Waals surface area (Å²) in [5.41, 5.74) is 20.8. The molecule has 3 amide bonds. The van der Waals surface area contributed by atoms with Crippen LogP contribution in [0.4, 0.5) is 0 Å². The number of aliphatic hydroxyl groups excluding tert-OH is 1. The van der Waals surface area contributed by atoms with Crippen molar-refractivity contribution >= 4 is 68.9 Å². The molecule has 5 unspecified atom stereocenters. The van der Waals surface area contributed by atoms with E-state index in [1.807, 2.05) is 91.9 Å². The van der Waals surface area contributed by atoms with Crippen LogP contribution >= 0.6 is 45.3 Å². The minimum absolute atomic E-state index is 0.00500. The van der Waals surface area contributed by atoms with Crippen LogP contribution in [0, 0.1) is 30.1 Å². The minimum atomic E-state index is -0.455. The number of nitrogens with one attached hydrogen (secondary N) is 3. The Morgan fingerprint density at radius 1 is 0.400 bits per heavy atom. The van der Waals surface area contributed by atoms with Gasteiger partial charge in [0.15, 0.2) is 5.78 Å². The summed E-state index contributed by atoms with van der Waals surface area (Å²) in [6, 6.07) is 94.1. The Morgan fingerprint density at radius 3 is 1.13 bits per heavy atom. The van der Waals surface area contributed by atoms with Gasteiger partial charge in [-0.25, -0.2) is 0 Å². The molecule has 1 aliphatic heterocycles. The minimum Gasteiger partial charge on any atom is -0.389 e. The van der Waals surface area contributed by atoms with E-state index in [0.29, 0.717) is 53.3 Å². The Balaban J connectivity index is 0.000000147. The third-order valence-corrected chi connectivity index (χ3v) is 26.8. The van der Waals surface area contributed by atoms with Gasteiger partial charge in [-0.3, -0.25) is 19.2 Å². The monoisotopic (exact) mass is 1660 g/mol. The molecule has 9 aromatic carbocycles. The number of ether oxygens (including phenoxy) is 1. The van der Waals surface area contributed by atoms with Crippen LogP contribution < -0.4 is 16.0 Å². The van der Waals surface area contributed by atoms with Crippen LogP contribution in [-0.2, 0) is 30.4 Å². The maximum atomic E-state index is 13.2. The fraction of sp³-hybridized carbons (Fsp3) is 0.290. The number of carbonyl (C=O) groups excluding carboxylic acids is 4. The lowest BCUT2D eigenvalue weighted by Gasteiger charge is -2.21. The summed E-state index contributed by atoms with van der Waals surface area (Å²) in [7, 11) is 0. The summed E-state index contributed by atoms with van der Waals surface area (Å²) < 4.78 is 5.58. The lowest BCUT2D eigenvalue weighted by atomic mass is 9.83. The van der Waals surface area contributed by atoms with Crippen molar-refractivity contribution in [3.8, 4) is 54.1 Å². The van der Waals surface area contributed by atoms with Crippen molar-refractivity contribution in [2.45, 2.75) is 163 Å². The topological polar surface area (TPSA) is 134 Å². The average Bonchev–Trinajstić information content (AvgIpc) is 1.66. The van der Waals surface area contributed by atoms with E-state index in [4.69, 9.17) is 11.2 Å². The summed E-state index contributed by atoms with van der Waals surface area (Å²) in [6.07, 6.45) is 14.4. The molecular formula is C107H113N3O6S4. The van der Waals surface area contributed by atoms with Crippen LogP contribution in [0.5, 0.6) is 0 Å². The van der Waals surface area contributed by atoms with E-state index in [1.165, 1.54) is 96.5 Å². The normalized spacial score (nSPS) is 14.7. The number of ketones is 1. The van der Waals surface area contributed by atoms with Crippen molar-refractivity contribution in [1.82, 2.24) is 16.0 Å². The average molecular weight is 1670 g/mol. The number of hydrogen-bond acceptors (Lipinski definition) is 10. The second-order valence-corrected chi connectivity index (χ2v) is 37.1. The largest absolute Gasteiger partial charge is 0.389 e. The van der Waals surface area contributed by atoms with E-state index in [1.54, 1.807) is 40.9 Å². The van der Waals surface area contributed by atoms with Gasteiger partial charge in [0.2, 0.25) is 0 Å². The van der Waals surface area contributed by atoms with Gasteiger partial charge in [0, 0.05) is 45.1 Å². The molecule has 5 heterocycles. The first-order chi connectivity index (χ1) is 58.1. The van der Waals surface area contributed by atoms with Gasteiger partial charge in [-0.15, -0.1) is 51.8 Å². The van der Waals surface area contributed by atoms with Crippen LogP contribution in [0.1, 0.15) is 242 Å². The summed E-state index contributed by atoms with van der Waals surface area (Å²) in [5, 5.41) is 18.7. The number of carbonyl (C=O) groups is 4. The second-order valence-electron chi connectivity index (χ2n) is 32.8. The number of Topliss-reactive ketones (excluding diaryl/α,β-unsaturated/α-hetero) is 1. The first-order valence-electron chi connectivity index (χ1n) is 42.4. The van der Waals surface area contributed by atoms with E-state index >= 15 is 0 Å². The fourth-order valence-corrected chi connectivity index (χ4v) is 19.4. The zero-order chi connectivity index (χ0) is 84.6. The molecule has 1 aliphatic carbocycles. The lowest BCUT2D eigenvalue weighted by molar-refractivity contribution is 0.0859. The smallest absolute Gasteiger partial charge is 0.262 e. The van der Waals surface area contributed by atoms with Gasteiger partial charge in [0.05, 0.1) is 31.7 Å². The summed E-state index contributed by atoms with van der Waals surface area (Å²) >= 11 is 6.20. The van der Waals surface area contributed by atoms with Crippen LogP contribution in [0.25, 0.3) is 41.8 Å². The highest BCUT2D eigenvalue weighted by atomic mass is 32.1. The summed E-state index contributed by atoms with van der Waals surface area (Å²) in [6.45, 7) is 23.6. The van der Waals surface area contributed by atoms with E-state index in [2.05, 4.69) is 265 Å². The molecule has 9 nitrogen and oxygen atoms in total. The molecule has 15 rings (SSSR count). The van der Waals surface area contributed by atoms with Crippen LogP contribution in [0.2, 0.25) is 0 Å². The van der Waals surface area contributed by atoms with Crippen molar-refractivity contribution in [2.24, 2.45) is 17.8 Å². The van der Waals surface area contributed by atoms with E-state index in [-0.39, 0.29) is 29.7 Å². The molecule has 1 saturated carbocycles. The zero-order valence-corrected chi connectivity index (χ0v) is 74.1. The third-order valence-electron chi connectivity index (χ3n) is 22.3. The van der Waals surface area contributed by atoms with Crippen molar-refractivity contribution in [1.29, 1.82) is 0 Å². The molecule has 1 saturated heterocycles. The van der Waals surface area contributed by atoms with Gasteiger partial charge in [-0.1, -0.05) is 292 Å². The predicted molar refractivity (Wildman–Crippen MR) is 504 cm³/mol. The molecule has 2 aliphatic rings. The predicted octanol–water partition coefficient (Wildman–Crippen LogP) is 26.5. The molecular weight excluding hydrogens is 1550 g/mol. The Labute approximate surface area is 727 Å². The quantitative estimate of drug-likeness (QED) is 0.0299. The maximum absolute atomic E-state index is 13.2. The number of aliphatic hydroxyl groups is 1. The number of benzene rings is 9. The van der Waals surface area contributed by atoms with Gasteiger partial charge in [-0.2, -0.15) is 0 Å². The zero-order valence-electron chi connectivity index (χ0n) is 70.9. The summed E-state index contributed by atoms with van der Waals surface area (Å²) in [4.78, 5) is 58.0. The fourth-order valence-electron chi connectivity index (χ4n) is 15.6. The standard InChI is InChI=1S/C30H27NOS.C28H32O2S.C26H29NO2S.C23H25NOS/c1-4-27(24-12-6-5-7-13-24)31-30(32)29-17-16-28(33-29)26-15-9-11-23(20-26)18-22-10-8-14-25(19-22)21(2)3;1-18(2)24-11-6-12-25(24)28(30)27-14-13-26(31-27)23-10-5-8-21(17-23)15-20-7-4-9-22(16-20)19(3)29;1-18(2)21-8-3-6-19(15-21)14-20-7-4-9-22(16-20)24-11-12-25(30-24)26(28)27-17-23-10-5-13-29-23;1-4-24-23(25)22-12-11-21(26-22)20-10-6-8-18(15-20)13-17-7-5-9-19(14-17)16(2)3/h1,5-17,19-21,27H,18H2,2-3H3,(H,31,32);4-5,7-10,13-14,16-19,24-25,29H,6,11-12,15H2,1-3H3;3-4,6-9,11-12,15-16,18,23H,5,10,13-14,17H2,1-2H3,(H,27,28);5-12,14-16H,4,13H2,1-3H3,(H,24,25). The van der Waals surface area contributed by atoms with Crippen molar-refractivity contribution in [3.63, 3.8) is 0 Å². The molecule has 0 spiro atoms. The molecule has 2 fully saturated rings. The number of thiophene rings is 4. The van der Waals surface area contributed by atoms with E-state index < -0.39 is 12.1 Å². The van der Waals surface area contributed by atoms with Crippen molar-refractivity contribution < 1.29 is 29.0 Å². The highest BCUT2D eigenvalue weighted by molar-refractivity contribution is 7.18. The first kappa shape index (κ1) is 88.6. The third kappa shape index (κ3) is 25.0. The molecule has 0 radical (unpaired) electrons. The van der Waals surface area contributed by atoms with Gasteiger partial charge in [0.25, 0.3) is 17.7 Å². The molecule has 13 heteroatoms. The Morgan fingerprint density at radius 2 is 0.758 bits per heavy atom. The van der Waals surface area contributed by atoms with Gasteiger partial charge >= 0.3 is 0 Å². The maximum Gasteiger partial charge on any atom is 0.262 e. The number of terminal acetylenes is 1. The number of rotatable bonds is 27. The number of amides is 3. The molecule has 120 heavy (non-hydrogen) atoms. The van der Waals surface area contributed by atoms with Crippen LogP contribution in [-0.4, -0.2) is 54.4 Å². The first-order valence-corrected chi connectivity index (χ1v) is 45.7. The Hall–Kier alpha value is -10.7. The molecule has 0 bridgehead atoms. The van der Waals surface area contributed by atoms with E-state index in [9.17, 15) is 24.3 Å². The van der Waals surface area contributed by atoms with Crippen LogP contribution in [0.15, 0.2) is 273 Å². The SMILES string of the molecule is C#CC(NC(=O)c1ccc(-c2cccc(Cc3cccc(C(C)C)c3)c2)s1)c1ccccc1.CC(C)c1cccc(Cc2cccc(-c3ccc(C(=O)NCC4CCCO4)s3)c2)c1.CC(O)c1cccc(Cc2cccc(-c3ccc(C(=O)C4CCCC4C(C)C)s3)c2)c1.CCNC(=O)c1ccc(-c2cccc(Cc3cccc(C(C)C)c3)c2)s1. The van der Waals surface area contributed by atoms with Crippen molar-refractivity contribution in [2.75, 3.05) is 19.7 Å². The van der Waals surface area contributed by atoms with Gasteiger partial charge in [-0.05, 0) is 238 Å². The molecule has 4 aromatic heterocycles. The molecule has 616 valence electrons. The highest BCUT2D eigenvalue weighted by Crippen LogP contribution is 2.42. The molecule has 4 N–H and O–H groups in total.